The van der Waals surface area contributed by atoms with Crippen LogP contribution in [0.15, 0.2) is 28.8 Å². The van der Waals surface area contributed by atoms with Crippen molar-refractivity contribution in [3.63, 3.8) is 0 Å². The molecule has 0 aliphatic rings. The van der Waals surface area contributed by atoms with Crippen LogP contribution in [0, 0.1) is 0 Å². The number of nitrogens with one attached hydrogen (secondary N) is 1. The average Bonchev–Trinajstić information content (AvgIpc) is 3.02. The molecular weight excluding hydrogens is 304 g/mol. The zero-order valence-electron chi connectivity index (χ0n) is 12.4. The molecule has 1 aromatic heterocycles. The zero-order chi connectivity index (χ0) is 16.7. The third kappa shape index (κ3) is 4.51. The first-order valence-electron chi connectivity index (χ1n) is 6.73. The van der Waals surface area contributed by atoms with Gasteiger partial charge in [-0.1, -0.05) is 17.3 Å². The van der Waals surface area contributed by atoms with Crippen LogP contribution in [0.3, 0.4) is 0 Å². The summed E-state index contributed by atoms with van der Waals surface area (Å²) >= 11 is 0. The summed E-state index contributed by atoms with van der Waals surface area (Å²) in [6, 6.07) is 6.51. The summed E-state index contributed by atoms with van der Waals surface area (Å²) in [5.74, 6) is -0.815. The van der Waals surface area contributed by atoms with Gasteiger partial charge in [0.2, 0.25) is 5.82 Å². The maximum absolute atomic E-state index is 11.7. The lowest BCUT2D eigenvalue weighted by atomic mass is 10.2. The van der Waals surface area contributed by atoms with E-state index >= 15 is 0 Å². The van der Waals surface area contributed by atoms with E-state index in [0.29, 0.717) is 18.9 Å². The number of methoxy groups -OCH3 is 1. The number of ether oxygens (including phenoxy) is 2. The summed E-state index contributed by atoms with van der Waals surface area (Å²) in [6.45, 7) is 0.633. The Morgan fingerprint density at radius 2 is 2.13 bits per heavy atom. The van der Waals surface area contributed by atoms with E-state index in [1.807, 2.05) is 0 Å². The van der Waals surface area contributed by atoms with E-state index in [-0.39, 0.29) is 23.9 Å². The topological polar surface area (TPSA) is 130 Å². The molecule has 2 aromatic rings. The first-order valence-corrected chi connectivity index (χ1v) is 6.73. The van der Waals surface area contributed by atoms with Crippen LogP contribution in [-0.2, 0) is 11.3 Å². The quantitative estimate of drug-likeness (QED) is 0.661. The highest BCUT2D eigenvalue weighted by atomic mass is 16.5. The van der Waals surface area contributed by atoms with E-state index in [1.165, 1.54) is 7.11 Å². The number of para-hydroxylation sites is 1. The van der Waals surface area contributed by atoms with Crippen LogP contribution in [0.5, 0.6) is 5.75 Å². The normalized spacial score (nSPS) is 10.3. The minimum atomic E-state index is -0.605. The molecule has 0 unspecified atom stereocenters. The number of benzene rings is 1. The fourth-order valence-electron chi connectivity index (χ4n) is 1.69. The molecule has 0 aliphatic heterocycles. The van der Waals surface area contributed by atoms with E-state index in [1.54, 1.807) is 24.3 Å². The van der Waals surface area contributed by atoms with Gasteiger partial charge in [-0.15, -0.1) is 0 Å². The lowest BCUT2D eigenvalue weighted by Crippen LogP contribution is -2.27. The minimum Gasteiger partial charge on any atom is -0.485 e. The molecular formula is C14H16N4O5. The number of aromatic nitrogens is 2. The largest absolute Gasteiger partial charge is 0.485 e. The number of carbonyl (C=O) groups is 2. The van der Waals surface area contributed by atoms with E-state index in [9.17, 15) is 9.59 Å². The molecule has 9 heteroatoms. The Morgan fingerprint density at radius 3 is 2.87 bits per heavy atom. The van der Waals surface area contributed by atoms with Crippen LogP contribution in [-0.4, -0.2) is 42.2 Å². The molecule has 23 heavy (non-hydrogen) atoms. The van der Waals surface area contributed by atoms with Gasteiger partial charge >= 0.3 is 11.8 Å². The molecule has 0 saturated heterocycles. The molecule has 1 heterocycles. The Hall–Kier alpha value is -2.94. The van der Waals surface area contributed by atoms with Crippen molar-refractivity contribution >= 4 is 11.8 Å². The van der Waals surface area contributed by atoms with Crippen molar-refractivity contribution in [3.05, 3.63) is 41.5 Å². The van der Waals surface area contributed by atoms with Gasteiger partial charge in [0, 0.05) is 13.7 Å². The molecule has 122 valence electrons. The van der Waals surface area contributed by atoms with Gasteiger partial charge in [-0.3, -0.25) is 9.59 Å². The van der Waals surface area contributed by atoms with Gasteiger partial charge in [0.25, 0.3) is 5.91 Å². The van der Waals surface area contributed by atoms with E-state index < -0.39 is 11.8 Å². The maximum Gasteiger partial charge on any atom is 0.316 e. The summed E-state index contributed by atoms with van der Waals surface area (Å²) in [5.41, 5.74) is 5.50. The molecule has 0 saturated carbocycles. The predicted octanol–water partition coefficient (Wildman–Crippen LogP) is 0.124. The third-order valence-electron chi connectivity index (χ3n) is 2.76. The fourth-order valence-corrected chi connectivity index (χ4v) is 1.69. The van der Waals surface area contributed by atoms with Gasteiger partial charge in [-0.25, -0.2) is 0 Å². The number of carbonyl (C=O) groups excluding carboxylic acids is 2. The number of amides is 2. The number of hydrogen-bond acceptors (Lipinski definition) is 7. The molecule has 0 atom stereocenters. The molecule has 1 aromatic carbocycles. The van der Waals surface area contributed by atoms with Gasteiger partial charge in [0.05, 0.1) is 12.2 Å². The third-order valence-corrected chi connectivity index (χ3v) is 2.76. The number of nitrogens with zero attached hydrogens (tertiary/aromatic N) is 2. The zero-order valence-corrected chi connectivity index (χ0v) is 12.4. The van der Waals surface area contributed by atoms with Gasteiger partial charge < -0.3 is 25.0 Å². The lowest BCUT2D eigenvalue weighted by molar-refractivity contribution is 0.0893. The van der Waals surface area contributed by atoms with Crippen molar-refractivity contribution in [2.75, 3.05) is 20.3 Å². The van der Waals surface area contributed by atoms with Crippen LogP contribution in [0.25, 0.3) is 0 Å². The standard InChI is InChI=1S/C14H16N4O5/c1-21-7-6-16-13(20)14-17-11(18-23-14)8-22-10-5-3-2-4-9(10)12(15)19/h2-5H,6-8H2,1H3,(H2,15,19)(H,16,20). The summed E-state index contributed by atoms with van der Waals surface area (Å²) in [6.07, 6.45) is 0. The molecule has 2 rings (SSSR count). The monoisotopic (exact) mass is 320 g/mol. The van der Waals surface area contributed by atoms with Crippen molar-refractivity contribution in [3.8, 4) is 5.75 Å². The SMILES string of the molecule is COCCNC(=O)c1nc(COc2ccccc2C(N)=O)no1. The Bertz CT molecular complexity index is 685. The van der Waals surface area contributed by atoms with Crippen LogP contribution in [0.4, 0.5) is 0 Å². The predicted molar refractivity (Wildman–Crippen MR) is 77.8 cm³/mol. The van der Waals surface area contributed by atoms with Gasteiger partial charge in [-0.2, -0.15) is 4.98 Å². The van der Waals surface area contributed by atoms with Gasteiger partial charge in [0.15, 0.2) is 6.61 Å². The molecule has 0 bridgehead atoms. The van der Waals surface area contributed by atoms with E-state index in [0.717, 1.165) is 0 Å². The van der Waals surface area contributed by atoms with Crippen LogP contribution < -0.4 is 15.8 Å². The Balaban J connectivity index is 1.95. The molecule has 3 N–H and O–H groups in total. The van der Waals surface area contributed by atoms with Crippen LogP contribution >= 0.6 is 0 Å². The van der Waals surface area contributed by atoms with Crippen molar-refractivity contribution < 1.29 is 23.6 Å². The Morgan fingerprint density at radius 1 is 1.35 bits per heavy atom. The summed E-state index contributed by atoms with van der Waals surface area (Å²) in [7, 11) is 1.53. The van der Waals surface area contributed by atoms with Crippen LogP contribution in [0.2, 0.25) is 0 Å². The molecule has 2 amide bonds. The smallest absolute Gasteiger partial charge is 0.316 e. The lowest BCUT2D eigenvalue weighted by Gasteiger charge is -2.06. The Labute approximate surface area is 131 Å². The number of hydrogen-bond donors (Lipinski definition) is 2. The summed E-state index contributed by atoms with van der Waals surface area (Å²) in [4.78, 5) is 26.9. The average molecular weight is 320 g/mol. The molecule has 0 radical (unpaired) electrons. The molecule has 9 nitrogen and oxygen atoms in total. The Kier molecular flexibility index (Phi) is 5.64. The highest BCUT2D eigenvalue weighted by Crippen LogP contribution is 2.18. The molecule has 0 fully saturated rings. The van der Waals surface area contributed by atoms with Gasteiger partial charge in [-0.05, 0) is 12.1 Å². The molecule has 0 aliphatic carbocycles. The fraction of sp³-hybridized carbons (Fsp3) is 0.286. The number of nitrogens with two attached hydrogens (primary N) is 1. The number of rotatable bonds is 8. The van der Waals surface area contributed by atoms with Crippen LogP contribution in [0.1, 0.15) is 26.9 Å². The summed E-state index contributed by atoms with van der Waals surface area (Å²) < 4.78 is 15.1. The van der Waals surface area contributed by atoms with Crippen molar-refractivity contribution in [2.45, 2.75) is 6.61 Å². The van der Waals surface area contributed by atoms with Gasteiger partial charge in [0.1, 0.15) is 5.75 Å². The summed E-state index contributed by atoms with van der Waals surface area (Å²) in [5, 5.41) is 6.18. The molecule has 0 spiro atoms. The first-order chi connectivity index (χ1) is 11.1. The highest BCUT2D eigenvalue weighted by molar-refractivity contribution is 5.95. The second-order valence-corrected chi connectivity index (χ2v) is 4.41. The maximum atomic E-state index is 11.7. The van der Waals surface area contributed by atoms with Crippen molar-refractivity contribution in [2.24, 2.45) is 5.73 Å². The van der Waals surface area contributed by atoms with Crippen molar-refractivity contribution in [1.29, 1.82) is 0 Å². The minimum absolute atomic E-state index is 0.0703. The number of primary amides is 1. The van der Waals surface area contributed by atoms with E-state index in [2.05, 4.69) is 15.5 Å². The van der Waals surface area contributed by atoms with Crippen molar-refractivity contribution in [1.82, 2.24) is 15.5 Å². The second-order valence-electron chi connectivity index (χ2n) is 4.41. The highest BCUT2D eigenvalue weighted by Gasteiger charge is 2.15. The first kappa shape index (κ1) is 16.4. The second kappa shape index (κ2) is 7.90. The van der Waals surface area contributed by atoms with E-state index in [4.69, 9.17) is 19.7 Å².